The van der Waals surface area contributed by atoms with Gasteiger partial charge in [0, 0.05) is 12.7 Å². The van der Waals surface area contributed by atoms with E-state index >= 15 is 0 Å². The quantitative estimate of drug-likeness (QED) is 0.448. The summed E-state index contributed by atoms with van der Waals surface area (Å²) < 4.78 is 4.72. The fourth-order valence-electron chi connectivity index (χ4n) is 0.765. The van der Waals surface area contributed by atoms with E-state index in [1.807, 2.05) is 0 Å². The Kier molecular flexibility index (Phi) is 1.67. The number of hydrogen-bond donors (Lipinski definition) is 2. The summed E-state index contributed by atoms with van der Waals surface area (Å²) in [5, 5.41) is 0. The summed E-state index contributed by atoms with van der Waals surface area (Å²) >= 11 is 0. The molecular formula is C4H10O3Si. The van der Waals surface area contributed by atoms with Gasteiger partial charge >= 0.3 is 8.80 Å². The van der Waals surface area contributed by atoms with E-state index in [1.165, 1.54) is 0 Å². The Bertz CT molecular complexity index is 75.4. The zero-order valence-electron chi connectivity index (χ0n) is 4.63. The molecule has 48 valence electrons. The molecule has 0 saturated carbocycles. The molecule has 1 fully saturated rings. The van der Waals surface area contributed by atoms with Crippen LogP contribution in [0.4, 0.5) is 0 Å². The molecule has 0 aromatic heterocycles. The molecule has 0 aromatic rings. The second-order valence-corrected chi connectivity index (χ2v) is 4.32. The monoisotopic (exact) mass is 134 g/mol. The lowest BCUT2D eigenvalue weighted by atomic mass is 10.4. The van der Waals surface area contributed by atoms with Gasteiger partial charge < -0.3 is 14.0 Å². The minimum Gasteiger partial charge on any atom is -0.390 e. The van der Waals surface area contributed by atoms with Crippen molar-refractivity contribution in [2.24, 2.45) is 0 Å². The summed E-state index contributed by atoms with van der Waals surface area (Å²) in [4.78, 5) is 17.7. The zero-order valence-corrected chi connectivity index (χ0v) is 5.63. The molecule has 2 N–H and O–H groups in total. The highest BCUT2D eigenvalue weighted by atomic mass is 28.4. The van der Waals surface area contributed by atoms with Gasteiger partial charge in [-0.15, -0.1) is 0 Å². The van der Waals surface area contributed by atoms with Crippen molar-refractivity contribution < 1.29 is 14.0 Å². The molecule has 0 amide bonds. The van der Waals surface area contributed by atoms with Gasteiger partial charge in [0.2, 0.25) is 0 Å². The third-order valence-corrected chi connectivity index (χ3v) is 2.90. The molecule has 1 rings (SSSR count). The van der Waals surface area contributed by atoms with Gasteiger partial charge in [-0.05, 0) is 12.8 Å². The molecule has 0 spiro atoms. The molecule has 0 radical (unpaired) electrons. The van der Waals surface area contributed by atoms with Crippen molar-refractivity contribution in [2.75, 3.05) is 6.61 Å². The minimum atomic E-state index is -3.09. The van der Waals surface area contributed by atoms with Crippen molar-refractivity contribution in [1.29, 1.82) is 0 Å². The molecule has 0 bridgehead atoms. The van der Waals surface area contributed by atoms with Gasteiger partial charge in [0.1, 0.15) is 0 Å². The fraction of sp³-hybridized carbons (Fsp3) is 1.00. The average Bonchev–Trinajstić information content (AvgIpc) is 1.65. The SMILES string of the molecule is O[Si]1(O)CCCCO1. The lowest BCUT2D eigenvalue weighted by molar-refractivity contribution is 0.126. The Morgan fingerprint density at radius 2 is 2.00 bits per heavy atom. The van der Waals surface area contributed by atoms with Crippen molar-refractivity contribution in [1.82, 2.24) is 0 Å². The Labute approximate surface area is 49.3 Å². The van der Waals surface area contributed by atoms with Crippen LogP contribution in [0.3, 0.4) is 0 Å². The van der Waals surface area contributed by atoms with Crippen LogP contribution in [0, 0.1) is 0 Å². The van der Waals surface area contributed by atoms with Crippen molar-refractivity contribution >= 4 is 8.80 Å². The molecule has 4 heteroatoms. The fourth-order valence-corrected chi connectivity index (χ4v) is 2.09. The van der Waals surface area contributed by atoms with Crippen LogP contribution in [-0.2, 0) is 4.43 Å². The van der Waals surface area contributed by atoms with E-state index in [0.29, 0.717) is 12.7 Å². The average molecular weight is 134 g/mol. The highest BCUT2D eigenvalue weighted by molar-refractivity contribution is 6.57. The van der Waals surface area contributed by atoms with E-state index in [1.54, 1.807) is 0 Å². The third-order valence-electron chi connectivity index (χ3n) is 1.23. The van der Waals surface area contributed by atoms with E-state index in [0.717, 1.165) is 12.8 Å². The number of hydrogen-bond acceptors (Lipinski definition) is 3. The second kappa shape index (κ2) is 2.14. The van der Waals surface area contributed by atoms with E-state index in [-0.39, 0.29) is 0 Å². The van der Waals surface area contributed by atoms with Crippen LogP contribution in [0.25, 0.3) is 0 Å². The summed E-state index contributed by atoms with van der Waals surface area (Å²) in [6.07, 6.45) is 1.87. The summed E-state index contributed by atoms with van der Waals surface area (Å²) in [7, 11) is -3.09. The predicted octanol–water partition coefficient (Wildman–Crippen LogP) is -0.280. The van der Waals surface area contributed by atoms with Crippen molar-refractivity contribution in [3.8, 4) is 0 Å². The van der Waals surface area contributed by atoms with Crippen LogP contribution < -0.4 is 0 Å². The van der Waals surface area contributed by atoms with Gasteiger partial charge in [0.25, 0.3) is 0 Å². The summed E-state index contributed by atoms with van der Waals surface area (Å²) in [6.45, 7) is 0.527. The van der Waals surface area contributed by atoms with Gasteiger partial charge in [-0.3, -0.25) is 0 Å². The minimum absolute atomic E-state index is 0.479. The van der Waals surface area contributed by atoms with Crippen LogP contribution >= 0.6 is 0 Å². The van der Waals surface area contributed by atoms with E-state index in [4.69, 9.17) is 14.0 Å². The molecule has 1 saturated heterocycles. The largest absolute Gasteiger partial charge is 0.495 e. The van der Waals surface area contributed by atoms with Gasteiger partial charge in [-0.2, -0.15) is 0 Å². The Morgan fingerprint density at radius 1 is 1.25 bits per heavy atom. The first-order valence-corrected chi connectivity index (χ1v) is 4.80. The normalized spacial score (nSPS) is 27.8. The maximum absolute atomic E-state index is 8.85. The first-order valence-electron chi connectivity index (χ1n) is 2.79. The van der Waals surface area contributed by atoms with E-state index < -0.39 is 8.80 Å². The molecule has 3 nitrogen and oxygen atoms in total. The maximum atomic E-state index is 8.85. The van der Waals surface area contributed by atoms with E-state index in [9.17, 15) is 0 Å². The van der Waals surface area contributed by atoms with Crippen LogP contribution in [0.1, 0.15) is 12.8 Å². The first kappa shape index (κ1) is 6.22. The molecule has 0 aliphatic carbocycles. The van der Waals surface area contributed by atoms with Crippen LogP contribution in [0.15, 0.2) is 0 Å². The topological polar surface area (TPSA) is 49.7 Å². The summed E-state index contributed by atoms with van der Waals surface area (Å²) in [6, 6.07) is 0.479. The van der Waals surface area contributed by atoms with Crippen LogP contribution in [-0.4, -0.2) is 25.0 Å². The maximum Gasteiger partial charge on any atom is 0.495 e. The molecular weight excluding hydrogens is 124 g/mol. The molecule has 1 aliphatic heterocycles. The molecule has 0 atom stereocenters. The third kappa shape index (κ3) is 1.55. The van der Waals surface area contributed by atoms with Crippen LogP contribution in [0.2, 0.25) is 6.04 Å². The first-order chi connectivity index (χ1) is 3.71. The lowest BCUT2D eigenvalue weighted by Gasteiger charge is -2.21. The summed E-state index contributed by atoms with van der Waals surface area (Å²) in [5.74, 6) is 0. The Morgan fingerprint density at radius 3 is 2.25 bits per heavy atom. The second-order valence-electron chi connectivity index (χ2n) is 2.05. The molecule has 0 aromatic carbocycles. The summed E-state index contributed by atoms with van der Waals surface area (Å²) in [5.41, 5.74) is 0. The van der Waals surface area contributed by atoms with Gasteiger partial charge in [-0.25, -0.2) is 0 Å². The van der Waals surface area contributed by atoms with E-state index in [2.05, 4.69) is 0 Å². The Hall–Kier alpha value is 0.0969. The van der Waals surface area contributed by atoms with Gasteiger partial charge in [-0.1, -0.05) is 0 Å². The zero-order chi connectivity index (χ0) is 6.04. The predicted molar refractivity (Wildman–Crippen MR) is 30.2 cm³/mol. The van der Waals surface area contributed by atoms with Gasteiger partial charge in [0.15, 0.2) is 0 Å². The van der Waals surface area contributed by atoms with Crippen LogP contribution in [0.5, 0.6) is 0 Å². The lowest BCUT2D eigenvalue weighted by Crippen LogP contribution is -2.41. The van der Waals surface area contributed by atoms with Crippen molar-refractivity contribution in [3.63, 3.8) is 0 Å². The highest BCUT2D eigenvalue weighted by Gasteiger charge is 2.33. The van der Waals surface area contributed by atoms with Crippen molar-refractivity contribution in [3.05, 3.63) is 0 Å². The molecule has 8 heavy (non-hydrogen) atoms. The Balaban J connectivity index is 2.33. The van der Waals surface area contributed by atoms with Gasteiger partial charge in [0.05, 0.1) is 0 Å². The smallest absolute Gasteiger partial charge is 0.390 e. The number of rotatable bonds is 0. The molecule has 1 aliphatic rings. The van der Waals surface area contributed by atoms with Crippen molar-refractivity contribution in [2.45, 2.75) is 18.9 Å². The highest BCUT2D eigenvalue weighted by Crippen LogP contribution is 2.15. The molecule has 0 unspecified atom stereocenters. The standard InChI is InChI=1S/C4H10O3Si/c5-8(6)4-2-1-3-7-8/h5-6H,1-4H2. The molecule has 1 heterocycles.